The molecule has 2 aromatic rings. The van der Waals surface area contributed by atoms with E-state index in [-0.39, 0.29) is 38.6 Å². The van der Waals surface area contributed by atoms with Crippen molar-refractivity contribution in [2.24, 2.45) is 18.1 Å². The van der Waals surface area contributed by atoms with Gasteiger partial charge in [-0.3, -0.25) is 9.36 Å². The van der Waals surface area contributed by atoms with E-state index < -0.39 is 55.8 Å². The quantitative estimate of drug-likeness (QED) is 0.635. The van der Waals surface area contributed by atoms with Crippen LogP contribution in [0.25, 0.3) is 5.69 Å². The molecule has 1 aromatic heterocycles. The molecule has 0 fully saturated rings. The van der Waals surface area contributed by atoms with E-state index in [0.717, 1.165) is 19.2 Å². The summed E-state index contributed by atoms with van der Waals surface area (Å²) in [5, 5.41) is 4.22. The van der Waals surface area contributed by atoms with Gasteiger partial charge in [0.15, 0.2) is 0 Å². The first-order valence-electron chi connectivity index (χ1n) is 8.96. The van der Waals surface area contributed by atoms with Crippen LogP contribution in [-0.2, 0) is 29.7 Å². The lowest BCUT2D eigenvalue weighted by atomic mass is 9.98. The van der Waals surface area contributed by atoms with E-state index in [1.165, 1.54) is 6.92 Å². The summed E-state index contributed by atoms with van der Waals surface area (Å²) in [6.07, 6.45) is -4.54. The van der Waals surface area contributed by atoms with Gasteiger partial charge >= 0.3 is 11.9 Å². The van der Waals surface area contributed by atoms with Crippen molar-refractivity contribution in [1.29, 1.82) is 0 Å². The van der Waals surface area contributed by atoms with E-state index in [9.17, 15) is 35.6 Å². The number of nitrogens with two attached hydrogens (primary N) is 1. The molecule has 1 aromatic carbocycles. The fourth-order valence-corrected chi connectivity index (χ4v) is 4.03. The molecular weight excluding hydrogens is 466 g/mol. The molecule has 172 valence electrons. The summed E-state index contributed by atoms with van der Waals surface area (Å²) >= 11 is 6.04. The largest absolute Gasteiger partial charge is 0.431 e. The molecule has 1 heterocycles. The van der Waals surface area contributed by atoms with Crippen LogP contribution in [0.15, 0.2) is 27.8 Å². The molecule has 0 aliphatic carbocycles. The minimum atomic E-state index is -4.95. The fourth-order valence-electron chi connectivity index (χ4n) is 3.00. The highest BCUT2D eigenvalue weighted by Gasteiger charge is 2.35. The van der Waals surface area contributed by atoms with Crippen molar-refractivity contribution in [2.75, 3.05) is 0 Å². The average molecular weight is 486 g/mol. The maximum atomic E-state index is 14.5. The summed E-state index contributed by atoms with van der Waals surface area (Å²) in [5.74, 6) is -1.49. The van der Waals surface area contributed by atoms with E-state index in [1.54, 1.807) is 6.92 Å². The lowest BCUT2D eigenvalue weighted by molar-refractivity contribution is -0.144. The Hall–Kier alpha value is -2.18. The minimum Gasteiger partial charge on any atom is -0.292 e. The van der Waals surface area contributed by atoms with Gasteiger partial charge in [0.1, 0.15) is 11.5 Å². The molecule has 0 spiro atoms. The van der Waals surface area contributed by atoms with Crippen LogP contribution in [0.4, 0.5) is 17.6 Å². The summed E-state index contributed by atoms with van der Waals surface area (Å²) in [6, 6.07) is 2.12. The van der Waals surface area contributed by atoms with Crippen LogP contribution in [0, 0.1) is 11.7 Å². The van der Waals surface area contributed by atoms with Crippen LogP contribution in [0.1, 0.15) is 31.5 Å². The van der Waals surface area contributed by atoms with Crippen molar-refractivity contribution in [3.63, 3.8) is 0 Å². The van der Waals surface area contributed by atoms with Gasteiger partial charge < -0.3 is 0 Å². The molecule has 0 saturated heterocycles. The Morgan fingerprint density at radius 3 is 2.26 bits per heavy atom. The molecule has 0 aliphatic rings. The zero-order valence-corrected chi connectivity index (χ0v) is 18.3. The van der Waals surface area contributed by atoms with E-state index >= 15 is 0 Å². The SMILES string of the molecule is CC(CCc1cc(-n2c(=O)cc(C(F)(F)F)n(C)c2=O)c(F)cc1Cl)C(C)S(N)(=O)=O. The van der Waals surface area contributed by atoms with Gasteiger partial charge in [0.05, 0.1) is 10.9 Å². The number of benzene rings is 1. The highest BCUT2D eigenvalue weighted by atomic mass is 35.5. The average Bonchev–Trinajstić information content (AvgIpc) is 2.62. The third-order valence-corrected chi connectivity index (χ3v) is 7.01. The summed E-state index contributed by atoms with van der Waals surface area (Å²) in [5.41, 5.74) is -4.51. The Balaban J connectivity index is 2.53. The van der Waals surface area contributed by atoms with Gasteiger partial charge in [-0.1, -0.05) is 18.5 Å². The van der Waals surface area contributed by atoms with Gasteiger partial charge in [-0.15, -0.1) is 0 Å². The van der Waals surface area contributed by atoms with Crippen molar-refractivity contribution >= 4 is 21.6 Å². The predicted molar refractivity (Wildman–Crippen MR) is 107 cm³/mol. The van der Waals surface area contributed by atoms with Crippen LogP contribution in [0.2, 0.25) is 5.02 Å². The number of hydrogen-bond donors (Lipinski definition) is 1. The number of rotatable bonds is 6. The zero-order valence-electron chi connectivity index (χ0n) is 16.7. The van der Waals surface area contributed by atoms with E-state index in [1.807, 2.05) is 0 Å². The molecule has 0 aliphatic heterocycles. The second-order valence-electron chi connectivity index (χ2n) is 7.25. The molecule has 0 bridgehead atoms. The van der Waals surface area contributed by atoms with Gasteiger partial charge in [-0.25, -0.2) is 27.3 Å². The number of primary sulfonamides is 1. The number of aryl methyl sites for hydroxylation is 1. The third kappa shape index (κ3) is 5.36. The highest BCUT2D eigenvalue weighted by Crippen LogP contribution is 2.28. The Labute approximate surface area is 180 Å². The summed E-state index contributed by atoms with van der Waals surface area (Å²) in [7, 11) is -2.97. The van der Waals surface area contributed by atoms with Crippen molar-refractivity contribution in [3.05, 3.63) is 61.1 Å². The van der Waals surface area contributed by atoms with E-state index in [4.69, 9.17) is 16.7 Å². The van der Waals surface area contributed by atoms with Gasteiger partial charge in [-0.2, -0.15) is 13.2 Å². The van der Waals surface area contributed by atoms with Gasteiger partial charge in [0, 0.05) is 18.1 Å². The van der Waals surface area contributed by atoms with Gasteiger partial charge in [0.2, 0.25) is 10.0 Å². The Morgan fingerprint density at radius 2 is 1.74 bits per heavy atom. The lowest BCUT2D eigenvalue weighted by Crippen LogP contribution is -2.41. The standard InChI is InChI=1S/C18H20ClF4N3O4S/c1-9(10(2)31(24,29)30)4-5-11-6-14(13(20)7-12(11)19)26-16(27)8-15(18(21,22)23)25(3)17(26)28/h6-10H,4-5H2,1-3H3,(H2,24,29,30). The fraction of sp³-hybridized carbons (Fsp3) is 0.444. The molecule has 13 heteroatoms. The van der Waals surface area contributed by atoms with Crippen LogP contribution in [0.3, 0.4) is 0 Å². The minimum absolute atomic E-state index is 0.0477. The lowest BCUT2D eigenvalue weighted by Gasteiger charge is -2.19. The molecule has 31 heavy (non-hydrogen) atoms. The van der Waals surface area contributed by atoms with Crippen LogP contribution in [0.5, 0.6) is 0 Å². The third-order valence-electron chi connectivity index (χ3n) is 5.16. The molecule has 0 amide bonds. The Kier molecular flexibility index (Phi) is 7.08. The van der Waals surface area contributed by atoms with E-state index in [0.29, 0.717) is 0 Å². The molecule has 7 nitrogen and oxygen atoms in total. The molecule has 2 unspecified atom stereocenters. The van der Waals surface area contributed by atoms with E-state index in [2.05, 4.69) is 0 Å². The summed E-state index contributed by atoms with van der Waals surface area (Å²) < 4.78 is 77.0. The van der Waals surface area contributed by atoms with Gasteiger partial charge in [0.25, 0.3) is 5.56 Å². The van der Waals surface area contributed by atoms with Crippen molar-refractivity contribution in [3.8, 4) is 5.69 Å². The number of halogens is 5. The van der Waals surface area contributed by atoms with Crippen molar-refractivity contribution < 1.29 is 26.0 Å². The predicted octanol–water partition coefficient (Wildman–Crippen LogP) is 2.59. The van der Waals surface area contributed by atoms with Gasteiger partial charge in [-0.05, 0) is 43.4 Å². The molecule has 2 atom stereocenters. The molecule has 0 radical (unpaired) electrons. The number of sulfonamides is 1. The molecule has 2 rings (SSSR count). The highest BCUT2D eigenvalue weighted by molar-refractivity contribution is 7.89. The first-order chi connectivity index (χ1) is 14.1. The first-order valence-corrected chi connectivity index (χ1v) is 10.9. The van der Waals surface area contributed by atoms with Crippen molar-refractivity contribution in [2.45, 2.75) is 38.1 Å². The molecular formula is C18H20ClF4N3O4S. The smallest absolute Gasteiger partial charge is 0.292 e. The maximum Gasteiger partial charge on any atom is 0.431 e. The molecule has 0 saturated carbocycles. The maximum absolute atomic E-state index is 14.5. The normalized spacial score (nSPS) is 14.5. The summed E-state index contributed by atoms with van der Waals surface area (Å²) in [6.45, 7) is 3.08. The van der Waals surface area contributed by atoms with Crippen LogP contribution < -0.4 is 16.4 Å². The Morgan fingerprint density at radius 1 is 1.16 bits per heavy atom. The number of aromatic nitrogens is 2. The molecule has 2 N–H and O–H groups in total. The number of nitrogens with zero attached hydrogens (tertiary/aromatic N) is 2. The van der Waals surface area contributed by atoms with Crippen LogP contribution in [-0.4, -0.2) is 22.8 Å². The number of hydrogen-bond acceptors (Lipinski definition) is 4. The zero-order chi connectivity index (χ0) is 23.9. The monoisotopic (exact) mass is 485 g/mol. The Bertz CT molecular complexity index is 1220. The second-order valence-corrected chi connectivity index (χ2v) is 9.58. The number of alkyl halides is 3. The first kappa shape index (κ1) is 25.1. The van der Waals surface area contributed by atoms with Crippen LogP contribution >= 0.6 is 11.6 Å². The second kappa shape index (κ2) is 8.75. The summed E-state index contributed by atoms with van der Waals surface area (Å²) in [4.78, 5) is 24.7. The topological polar surface area (TPSA) is 104 Å². The van der Waals surface area contributed by atoms with Crippen molar-refractivity contribution in [1.82, 2.24) is 9.13 Å².